The van der Waals surface area contributed by atoms with Crippen LogP contribution in [0.15, 0.2) is 0 Å². The number of piperidine rings is 1. The molecule has 0 aromatic heterocycles. The zero-order chi connectivity index (χ0) is 18.4. The molecule has 1 heterocycles. The summed E-state index contributed by atoms with van der Waals surface area (Å²) in [6.45, 7) is 10.9. The predicted molar refractivity (Wildman–Crippen MR) is 94.4 cm³/mol. The number of nitrogens with zero attached hydrogens (tertiary/aromatic N) is 1. The molecule has 0 unspecified atom stereocenters. The van der Waals surface area contributed by atoms with Crippen LogP contribution >= 0.6 is 0 Å². The van der Waals surface area contributed by atoms with Crippen molar-refractivity contribution in [3.8, 4) is 0 Å². The van der Waals surface area contributed by atoms with Crippen LogP contribution in [-0.4, -0.2) is 54.6 Å². The number of carbonyl (C=O) groups excluding carboxylic acids is 1. The number of hydrogen-bond acceptors (Lipinski definition) is 3. The lowest BCUT2D eigenvalue weighted by atomic mass is 10.0. The third kappa shape index (κ3) is 8.92. The molecule has 0 atom stereocenters. The van der Waals surface area contributed by atoms with E-state index in [1.165, 1.54) is 0 Å². The van der Waals surface area contributed by atoms with Gasteiger partial charge in [-0.3, -0.25) is 9.69 Å². The minimum atomic E-state index is -2.69. The summed E-state index contributed by atoms with van der Waals surface area (Å²) in [5.41, 5.74) is -0.280. The molecule has 0 bridgehead atoms. The van der Waals surface area contributed by atoms with Gasteiger partial charge in [-0.15, -0.1) is 0 Å². The van der Waals surface area contributed by atoms with Gasteiger partial charge in [0.05, 0.1) is 12.1 Å². The summed E-state index contributed by atoms with van der Waals surface area (Å²) in [6, 6.07) is 0.116. The fourth-order valence-electron chi connectivity index (χ4n) is 2.72. The molecule has 1 N–H and O–H groups in total. The fraction of sp³-hybridized carbons (Fsp3) is 0.944. The molecule has 1 saturated heterocycles. The first-order valence-electron chi connectivity index (χ1n) is 9.03. The molecule has 0 radical (unpaired) electrons. The Balaban J connectivity index is 0.00000576. The minimum absolute atomic E-state index is 0. The van der Waals surface area contributed by atoms with Gasteiger partial charge in [0.1, 0.15) is 0 Å². The standard InChI is InChI=1S/C18H34F2N2O2.H2/c1-14(2)16(23)21-15-7-10-22(11-8-15)13-18(19,20)9-6-12-24-17(3,4)5;/h14-15H,6-13H2,1-5H3,(H,21,23);1H. The number of hydrogen-bond donors (Lipinski definition) is 1. The number of halogens is 2. The molecule has 144 valence electrons. The van der Waals surface area contributed by atoms with Gasteiger partial charge in [-0.1, -0.05) is 13.8 Å². The zero-order valence-corrected chi connectivity index (χ0v) is 15.8. The van der Waals surface area contributed by atoms with Gasteiger partial charge >= 0.3 is 0 Å². The van der Waals surface area contributed by atoms with Gasteiger partial charge in [0.2, 0.25) is 5.91 Å². The Bertz CT molecular complexity index is 393. The van der Waals surface area contributed by atoms with E-state index in [2.05, 4.69) is 5.32 Å². The van der Waals surface area contributed by atoms with Crippen molar-refractivity contribution in [1.29, 1.82) is 0 Å². The first kappa shape index (κ1) is 21.3. The van der Waals surface area contributed by atoms with Crippen molar-refractivity contribution in [1.82, 2.24) is 10.2 Å². The van der Waals surface area contributed by atoms with Crippen molar-refractivity contribution in [2.45, 2.75) is 77.9 Å². The van der Waals surface area contributed by atoms with E-state index in [0.29, 0.717) is 26.1 Å². The van der Waals surface area contributed by atoms with Crippen LogP contribution in [-0.2, 0) is 9.53 Å². The summed E-state index contributed by atoms with van der Waals surface area (Å²) in [4.78, 5) is 13.5. The average Bonchev–Trinajstić information content (AvgIpc) is 2.44. The maximum absolute atomic E-state index is 14.1. The van der Waals surface area contributed by atoms with E-state index in [9.17, 15) is 13.6 Å². The van der Waals surface area contributed by atoms with Crippen molar-refractivity contribution in [2.24, 2.45) is 5.92 Å². The molecule has 0 spiro atoms. The first-order valence-corrected chi connectivity index (χ1v) is 9.03. The van der Waals surface area contributed by atoms with Gasteiger partial charge < -0.3 is 10.1 Å². The molecule has 1 rings (SSSR count). The van der Waals surface area contributed by atoms with Crippen LogP contribution in [0.3, 0.4) is 0 Å². The van der Waals surface area contributed by atoms with Gasteiger partial charge in [0, 0.05) is 39.5 Å². The molecule has 1 amide bonds. The lowest BCUT2D eigenvalue weighted by Gasteiger charge is -2.34. The number of carbonyl (C=O) groups is 1. The molecular formula is C18H36F2N2O2. The minimum Gasteiger partial charge on any atom is -0.376 e. The van der Waals surface area contributed by atoms with E-state index in [4.69, 9.17) is 4.74 Å². The van der Waals surface area contributed by atoms with E-state index in [1.54, 1.807) is 0 Å². The second kappa shape index (κ2) is 9.09. The smallest absolute Gasteiger partial charge is 0.260 e. The maximum atomic E-state index is 14.1. The molecule has 0 aliphatic carbocycles. The van der Waals surface area contributed by atoms with Crippen LogP contribution in [0.2, 0.25) is 0 Å². The van der Waals surface area contributed by atoms with Crippen molar-refractivity contribution in [3.63, 3.8) is 0 Å². The van der Waals surface area contributed by atoms with E-state index >= 15 is 0 Å². The van der Waals surface area contributed by atoms with Gasteiger partial charge in [-0.05, 0) is 40.0 Å². The van der Waals surface area contributed by atoms with Crippen LogP contribution in [0.5, 0.6) is 0 Å². The van der Waals surface area contributed by atoms with Crippen LogP contribution in [0.4, 0.5) is 8.78 Å². The highest BCUT2D eigenvalue weighted by Gasteiger charge is 2.33. The lowest BCUT2D eigenvalue weighted by molar-refractivity contribution is -0.125. The Morgan fingerprint density at radius 3 is 2.38 bits per heavy atom. The number of amides is 1. The molecule has 1 fully saturated rings. The molecule has 24 heavy (non-hydrogen) atoms. The van der Waals surface area contributed by atoms with E-state index in [1.807, 2.05) is 39.5 Å². The van der Waals surface area contributed by atoms with Gasteiger partial charge in [0.15, 0.2) is 0 Å². The Morgan fingerprint density at radius 1 is 1.29 bits per heavy atom. The van der Waals surface area contributed by atoms with Crippen molar-refractivity contribution in [2.75, 3.05) is 26.2 Å². The summed E-state index contributed by atoms with van der Waals surface area (Å²) >= 11 is 0. The van der Waals surface area contributed by atoms with Crippen molar-refractivity contribution < 1.29 is 19.7 Å². The van der Waals surface area contributed by atoms with Crippen LogP contribution < -0.4 is 5.32 Å². The number of likely N-dealkylation sites (tertiary alicyclic amines) is 1. The molecular weight excluding hydrogens is 314 g/mol. The van der Waals surface area contributed by atoms with Crippen LogP contribution in [0.25, 0.3) is 0 Å². The molecule has 1 aliphatic heterocycles. The third-order valence-electron chi connectivity index (χ3n) is 4.14. The summed E-state index contributed by atoms with van der Waals surface area (Å²) < 4.78 is 33.6. The highest BCUT2D eigenvalue weighted by atomic mass is 19.3. The lowest BCUT2D eigenvalue weighted by Crippen LogP contribution is -2.48. The summed E-state index contributed by atoms with van der Waals surface area (Å²) in [7, 11) is 0. The average molecular weight is 350 g/mol. The summed E-state index contributed by atoms with van der Waals surface area (Å²) in [5, 5.41) is 2.99. The highest BCUT2D eigenvalue weighted by Crippen LogP contribution is 2.24. The summed E-state index contributed by atoms with van der Waals surface area (Å²) in [5.74, 6) is -2.68. The monoisotopic (exact) mass is 350 g/mol. The molecule has 0 saturated carbocycles. The Labute approximate surface area is 146 Å². The normalized spacial score (nSPS) is 18.2. The quantitative estimate of drug-likeness (QED) is 0.679. The van der Waals surface area contributed by atoms with Crippen molar-refractivity contribution in [3.05, 3.63) is 0 Å². The third-order valence-corrected chi connectivity index (χ3v) is 4.14. The van der Waals surface area contributed by atoms with Crippen LogP contribution in [0.1, 0.15) is 61.7 Å². The van der Waals surface area contributed by atoms with Gasteiger partial charge in [0.25, 0.3) is 5.92 Å². The Morgan fingerprint density at radius 2 is 1.88 bits per heavy atom. The molecule has 0 aromatic rings. The predicted octanol–water partition coefficient (Wildman–Crippen LogP) is 3.70. The fourth-order valence-corrected chi connectivity index (χ4v) is 2.72. The molecule has 4 nitrogen and oxygen atoms in total. The zero-order valence-electron chi connectivity index (χ0n) is 15.8. The van der Waals surface area contributed by atoms with E-state index in [0.717, 1.165) is 12.8 Å². The molecule has 6 heteroatoms. The number of ether oxygens (including phenoxy) is 1. The Hall–Kier alpha value is -0.750. The number of rotatable bonds is 8. The van der Waals surface area contributed by atoms with Crippen molar-refractivity contribution >= 4 is 5.91 Å². The number of alkyl halides is 2. The van der Waals surface area contributed by atoms with Gasteiger partial charge in [-0.2, -0.15) is 0 Å². The maximum Gasteiger partial charge on any atom is 0.260 e. The second-order valence-electron chi connectivity index (χ2n) is 8.13. The highest BCUT2D eigenvalue weighted by molar-refractivity contribution is 5.78. The van der Waals surface area contributed by atoms with E-state index < -0.39 is 5.92 Å². The topological polar surface area (TPSA) is 41.6 Å². The number of nitrogens with one attached hydrogen (secondary N) is 1. The van der Waals surface area contributed by atoms with Crippen LogP contribution in [0, 0.1) is 5.92 Å². The van der Waals surface area contributed by atoms with Gasteiger partial charge in [-0.25, -0.2) is 8.78 Å². The summed E-state index contributed by atoms with van der Waals surface area (Å²) in [6.07, 6.45) is 1.70. The van der Waals surface area contributed by atoms with E-state index in [-0.39, 0.29) is 37.9 Å². The molecule has 0 aromatic carbocycles. The molecule has 1 aliphatic rings. The second-order valence-corrected chi connectivity index (χ2v) is 8.13. The SMILES string of the molecule is CC(C)C(=O)NC1CCN(CC(F)(F)CCCOC(C)(C)C)CC1.[HH]. The first-order chi connectivity index (χ1) is 11.0. The largest absolute Gasteiger partial charge is 0.376 e. The Kier molecular flexibility index (Phi) is 8.06.